The SMILES string of the molecule is CC(=O)SCC=Cc1cc(C)c(C(=O)O)c(C)c1. The summed E-state index contributed by atoms with van der Waals surface area (Å²) < 4.78 is 0. The topological polar surface area (TPSA) is 54.4 Å². The lowest BCUT2D eigenvalue weighted by molar-refractivity contribution is -0.109. The monoisotopic (exact) mass is 264 g/mol. The van der Waals surface area contributed by atoms with E-state index in [9.17, 15) is 9.59 Å². The average molecular weight is 264 g/mol. The molecule has 0 amide bonds. The lowest BCUT2D eigenvalue weighted by Crippen LogP contribution is -2.03. The highest BCUT2D eigenvalue weighted by Crippen LogP contribution is 2.18. The number of hydrogen-bond acceptors (Lipinski definition) is 3. The lowest BCUT2D eigenvalue weighted by Gasteiger charge is -2.06. The minimum Gasteiger partial charge on any atom is -0.478 e. The summed E-state index contributed by atoms with van der Waals surface area (Å²) in [7, 11) is 0. The van der Waals surface area contributed by atoms with Gasteiger partial charge in [-0.05, 0) is 30.5 Å². The minimum atomic E-state index is -0.896. The van der Waals surface area contributed by atoms with Gasteiger partial charge in [-0.25, -0.2) is 4.79 Å². The van der Waals surface area contributed by atoms with E-state index in [0.717, 1.165) is 16.7 Å². The van der Waals surface area contributed by atoms with Gasteiger partial charge in [-0.15, -0.1) is 0 Å². The maximum atomic E-state index is 11.0. The highest BCUT2D eigenvalue weighted by Gasteiger charge is 2.10. The van der Waals surface area contributed by atoms with Crippen LogP contribution in [0.15, 0.2) is 18.2 Å². The Hall–Kier alpha value is -1.55. The molecule has 0 aliphatic heterocycles. The van der Waals surface area contributed by atoms with E-state index in [4.69, 9.17) is 5.11 Å². The number of rotatable bonds is 4. The molecule has 1 aromatic rings. The Kier molecular flexibility index (Phi) is 5.16. The van der Waals surface area contributed by atoms with Gasteiger partial charge in [0.2, 0.25) is 0 Å². The maximum absolute atomic E-state index is 11.0. The molecule has 0 atom stereocenters. The summed E-state index contributed by atoms with van der Waals surface area (Å²) in [5.41, 5.74) is 2.83. The van der Waals surface area contributed by atoms with Crippen molar-refractivity contribution in [1.82, 2.24) is 0 Å². The van der Waals surface area contributed by atoms with Gasteiger partial charge < -0.3 is 5.11 Å². The third-order valence-corrected chi connectivity index (χ3v) is 3.23. The molecular weight excluding hydrogens is 248 g/mol. The van der Waals surface area contributed by atoms with E-state index in [2.05, 4.69) is 0 Å². The molecule has 3 nitrogen and oxygen atoms in total. The Morgan fingerprint density at radius 3 is 2.28 bits per heavy atom. The minimum absolute atomic E-state index is 0.0910. The molecule has 0 heterocycles. The number of hydrogen-bond donors (Lipinski definition) is 1. The van der Waals surface area contributed by atoms with Crippen LogP contribution in [0.5, 0.6) is 0 Å². The number of carbonyl (C=O) groups is 2. The van der Waals surface area contributed by atoms with Crippen LogP contribution in [0.3, 0.4) is 0 Å². The summed E-state index contributed by atoms with van der Waals surface area (Å²) in [6.07, 6.45) is 3.81. The van der Waals surface area contributed by atoms with Crippen molar-refractivity contribution in [3.8, 4) is 0 Å². The fourth-order valence-electron chi connectivity index (χ4n) is 1.78. The highest BCUT2D eigenvalue weighted by atomic mass is 32.2. The third-order valence-electron chi connectivity index (χ3n) is 2.46. The van der Waals surface area contributed by atoms with Crippen LogP contribution in [0, 0.1) is 13.8 Å². The molecule has 96 valence electrons. The summed E-state index contributed by atoms with van der Waals surface area (Å²) in [4.78, 5) is 21.8. The summed E-state index contributed by atoms with van der Waals surface area (Å²) in [6, 6.07) is 3.68. The van der Waals surface area contributed by atoms with Gasteiger partial charge in [0, 0.05) is 12.7 Å². The fourth-order valence-corrected chi connectivity index (χ4v) is 2.21. The molecule has 1 rings (SSSR count). The molecule has 0 saturated carbocycles. The molecule has 0 aliphatic rings. The summed E-state index contributed by atoms with van der Waals surface area (Å²) >= 11 is 1.25. The average Bonchev–Trinajstić information content (AvgIpc) is 2.22. The first-order chi connectivity index (χ1) is 8.41. The first kappa shape index (κ1) is 14.5. The van der Waals surface area contributed by atoms with Crippen LogP contribution in [0.4, 0.5) is 0 Å². The Balaban J connectivity index is 2.87. The number of aromatic carboxylic acids is 1. The van der Waals surface area contributed by atoms with E-state index in [1.54, 1.807) is 13.8 Å². The van der Waals surface area contributed by atoms with Crippen molar-refractivity contribution in [3.63, 3.8) is 0 Å². The van der Waals surface area contributed by atoms with Crippen molar-refractivity contribution >= 4 is 28.9 Å². The standard InChI is InChI=1S/C14H16O3S/c1-9-7-12(5-4-6-18-11(3)15)8-10(2)13(9)14(16)17/h4-5,7-8H,6H2,1-3H3,(H,16,17). The molecule has 0 fully saturated rings. The molecule has 0 unspecified atom stereocenters. The van der Waals surface area contributed by atoms with Crippen molar-refractivity contribution in [2.24, 2.45) is 0 Å². The predicted octanol–water partition coefficient (Wildman–Crippen LogP) is 3.29. The second kappa shape index (κ2) is 6.40. The third kappa shape index (κ3) is 4.04. The molecule has 4 heteroatoms. The van der Waals surface area contributed by atoms with Crippen LogP contribution >= 0.6 is 11.8 Å². The van der Waals surface area contributed by atoms with Gasteiger partial charge in [-0.1, -0.05) is 36.0 Å². The second-order valence-electron chi connectivity index (χ2n) is 4.04. The van der Waals surface area contributed by atoms with Crippen LogP contribution < -0.4 is 0 Å². The van der Waals surface area contributed by atoms with Gasteiger partial charge in [-0.3, -0.25) is 4.79 Å². The molecule has 0 bridgehead atoms. The normalized spacial score (nSPS) is 10.8. The van der Waals surface area contributed by atoms with E-state index < -0.39 is 5.97 Å². The van der Waals surface area contributed by atoms with Crippen LogP contribution in [-0.2, 0) is 4.79 Å². The Morgan fingerprint density at radius 2 is 1.83 bits per heavy atom. The van der Waals surface area contributed by atoms with Gasteiger partial charge in [0.25, 0.3) is 0 Å². The lowest BCUT2D eigenvalue weighted by atomic mass is 9.99. The van der Waals surface area contributed by atoms with Crippen molar-refractivity contribution in [2.75, 3.05) is 5.75 Å². The smallest absolute Gasteiger partial charge is 0.336 e. The van der Waals surface area contributed by atoms with Crippen molar-refractivity contribution in [1.29, 1.82) is 0 Å². The molecule has 1 N–H and O–H groups in total. The Morgan fingerprint density at radius 1 is 1.28 bits per heavy atom. The highest BCUT2D eigenvalue weighted by molar-refractivity contribution is 8.13. The largest absolute Gasteiger partial charge is 0.478 e. The Bertz CT molecular complexity index is 481. The van der Waals surface area contributed by atoms with Crippen LogP contribution in [0.1, 0.15) is 34.0 Å². The van der Waals surface area contributed by atoms with Gasteiger partial charge >= 0.3 is 5.97 Å². The zero-order valence-electron chi connectivity index (χ0n) is 10.7. The summed E-state index contributed by atoms with van der Waals surface area (Å²) in [5, 5.41) is 9.14. The molecule has 18 heavy (non-hydrogen) atoms. The Labute approximate surface area is 111 Å². The van der Waals surface area contributed by atoms with E-state index in [0.29, 0.717) is 11.3 Å². The number of carbonyl (C=O) groups excluding carboxylic acids is 1. The van der Waals surface area contributed by atoms with Crippen molar-refractivity contribution < 1.29 is 14.7 Å². The van der Waals surface area contributed by atoms with Gasteiger partial charge in [0.15, 0.2) is 5.12 Å². The molecule has 1 aromatic carbocycles. The first-order valence-corrected chi connectivity index (χ1v) is 6.55. The van der Waals surface area contributed by atoms with E-state index in [-0.39, 0.29) is 5.12 Å². The number of carboxylic acid groups (broad SMARTS) is 1. The molecule has 0 spiro atoms. The molecule has 0 aromatic heterocycles. The fraction of sp³-hybridized carbons (Fsp3) is 0.286. The van der Waals surface area contributed by atoms with Crippen LogP contribution in [0.2, 0.25) is 0 Å². The van der Waals surface area contributed by atoms with E-state index in [1.807, 2.05) is 24.3 Å². The van der Waals surface area contributed by atoms with E-state index in [1.165, 1.54) is 18.7 Å². The van der Waals surface area contributed by atoms with Crippen LogP contribution in [-0.4, -0.2) is 21.9 Å². The maximum Gasteiger partial charge on any atom is 0.336 e. The van der Waals surface area contributed by atoms with Crippen molar-refractivity contribution in [3.05, 3.63) is 40.5 Å². The van der Waals surface area contributed by atoms with Gasteiger partial charge in [-0.2, -0.15) is 0 Å². The summed E-state index contributed by atoms with van der Waals surface area (Å²) in [5.74, 6) is -0.263. The zero-order chi connectivity index (χ0) is 13.7. The number of aryl methyl sites for hydroxylation is 2. The summed E-state index contributed by atoms with van der Waals surface area (Å²) in [6.45, 7) is 5.12. The predicted molar refractivity (Wildman–Crippen MR) is 75.0 cm³/mol. The van der Waals surface area contributed by atoms with Gasteiger partial charge in [0.1, 0.15) is 0 Å². The van der Waals surface area contributed by atoms with E-state index >= 15 is 0 Å². The number of thioether (sulfide) groups is 1. The molecule has 0 radical (unpaired) electrons. The second-order valence-corrected chi connectivity index (χ2v) is 5.24. The van der Waals surface area contributed by atoms with Crippen LogP contribution in [0.25, 0.3) is 6.08 Å². The molecule has 0 aliphatic carbocycles. The van der Waals surface area contributed by atoms with Gasteiger partial charge in [0.05, 0.1) is 5.56 Å². The quantitative estimate of drug-likeness (QED) is 0.906. The zero-order valence-corrected chi connectivity index (χ0v) is 11.5. The molecular formula is C14H16O3S. The number of carboxylic acids is 1. The molecule has 0 saturated heterocycles. The van der Waals surface area contributed by atoms with Crippen molar-refractivity contribution in [2.45, 2.75) is 20.8 Å². The number of benzene rings is 1. The first-order valence-electron chi connectivity index (χ1n) is 5.56.